The summed E-state index contributed by atoms with van der Waals surface area (Å²) in [6, 6.07) is 0. The summed E-state index contributed by atoms with van der Waals surface area (Å²) in [7, 11) is 0. The van der Waals surface area contributed by atoms with Gasteiger partial charge >= 0.3 is 96.0 Å². The Labute approximate surface area is 96.5 Å². The number of hydrogen-bond acceptors (Lipinski definition) is 0. The second kappa shape index (κ2) is 3.88. The summed E-state index contributed by atoms with van der Waals surface area (Å²) in [5, 5.41) is 0. The van der Waals surface area contributed by atoms with Crippen molar-refractivity contribution in [1.82, 2.24) is 0 Å². The summed E-state index contributed by atoms with van der Waals surface area (Å²) in [5.74, 6) is 0. The Kier molecular flexibility index (Phi) is 3.42. The van der Waals surface area contributed by atoms with Crippen molar-refractivity contribution in [3.05, 3.63) is 11.6 Å². The third-order valence-electron chi connectivity index (χ3n) is 4.51. The molecule has 1 rings (SSSR count). The van der Waals surface area contributed by atoms with Crippen molar-refractivity contribution >= 4 is 6.60 Å². The number of rotatable bonds is 5. The second-order valence-electron chi connectivity index (χ2n) is 6.90. The van der Waals surface area contributed by atoms with E-state index in [1.807, 2.05) is 0 Å². The van der Waals surface area contributed by atoms with E-state index in [2.05, 4.69) is 47.1 Å². The van der Waals surface area contributed by atoms with Crippen LogP contribution in [-0.2, 0) is 0 Å². The molecule has 1 aliphatic heterocycles. The van der Waals surface area contributed by atoms with Crippen molar-refractivity contribution < 1.29 is 0 Å². The second-order valence-corrected chi connectivity index (χ2v) is 14.1. The van der Waals surface area contributed by atoms with Crippen molar-refractivity contribution in [2.75, 3.05) is 31.8 Å². The molecule has 0 amide bonds. The molecule has 1 atom stereocenters. The molecule has 0 nitrogen and oxygen atoms in total. The fourth-order valence-electron chi connectivity index (χ4n) is 2.92. The molecule has 1 heteroatoms. The van der Waals surface area contributed by atoms with Crippen molar-refractivity contribution in [2.24, 2.45) is 5.41 Å². The van der Waals surface area contributed by atoms with Gasteiger partial charge in [-0.1, -0.05) is 0 Å². The Balaban J connectivity index is 2.83. The van der Waals surface area contributed by atoms with E-state index >= 15 is 0 Å². The molecule has 1 heterocycles. The van der Waals surface area contributed by atoms with E-state index in [-0.39, 0.29) is 0 Å². The summed E-state index contributed by atoms with van der Waals surface area (Å²) >= 11 is 0. The predicted octanol–water partition coefficient (Wildman–Crippen LogP) is 4.59. The number of hydrogen-bond donors (Lipinski definition) is 0. The van der Waals surface area contributed by atoms with E-state index in [9.17, 15) is 0 Å². The summed E-state index contributed by atoms with van der Waals surface area (Å²) in [4.78, 5) is 0. The van der Waals surface area contributed by atoms with Gasteiger partial charge < -0.3 is 0 Å². The van der Waals surface area contributed by atoms with Crippen LogP contribution in [0.1, 0.15) is 40.5 Å². The van der Waals surface area contributed by atoms with Crippen LogP contribution >= 0.6 is 6.60 Å². The molecule has 0 aromatic rings. The first kappa shape index (κ1) is 13.2. The average Bonchev–Trinajstić information content (AvgIpc) is 2.75. The number of allylic oxidation sites excluding steroid dienone is 2. The summed E-state index contributed by atoms with van der Waals surface area (Å²) < 4.78 is 0. The van der Waals surface area contributed by atoms with E-state index < -0.39 is 6.60 Å². The average molecular weight is 228 g/mol. The van der Waals surface area contributed by atoms with Gasteiger partial charge in [-0.2, -0.15) is 0 Å². The van der Waals surface area contributed by atoms with Crippen LogP contribution in [0.2, 0.25) is 0 Å². The molecule has 0 radical (unpaired) electrons. The van der Waals surface area contributed by atoms with Crippen LogP contribution in [0, 0.1) is 5.41 Å². The Morgan fingerprint density at radius 2 is 1.87 bits per heavy atom. The molecule has 0 N–H and O–H groups in total. The Hall–Kier alpha value is 0.170. The fourth-order valence-corrected chi connectivity index (χ4v) is 8.19. The Morgan fingerprint density at radius 1 is 1.33 bits per heavy atom. The van der Waals surface area contributed by atoms with E-state index in [0.29, 0.717) is 5.41 Å². The normalized spacial score (nSPS) is 30.0. The van der Waals surface area contributed by atoms with Crippen LogP contribution in [0.4, 0.5) is 0 Å². The van der Waals surface area contributed by atoms with Gasteiger partial charge in [-0.05, 0) is 0 Å². The van der Waals surface area contributed by atoms with E-state index in [0.717, 1.165) is 0 Å². The first-order valence-electron chi connectivity index (χ1n) is 6.37. The monoisotopic (exact) mass is 228 g/mol. The molecule has 1 aliphatic rings. The molecule has 1 fully saturated rings. The van der Waals surface area contributed by atoms with E-state index in [4.69, 9.17) is 0 Å². The van der Waals surface area contributed by atoms with Gasteiger partial charge in [0.1, 0.15) is 0 Å². The zero-order valence-electron chi connectivity index (χ0n) is 11.6. The minimum atomic E-state index is -1.16. The summed E-state index contributed by atoms with van der Waals surface area (Å²) in [6.45, 7) is 13.4. The zero-order chi connectivity index (χ0) is 11.8. The topological polar surface area (TPSA) is 0 Å². The van der Waals surface area contributed by atoms with Crippen LogP contribution in [-0.4, -0.2) is 31.8 Å². The molecule has 0 aromatic heterocycles. The first-order chi connectivity index (χ1) is 6.74. The molecule has 1 unspecified atom stereocenters. The standard InChI is InChI=1S/C14H29P/c1-7-9-14(4,13(3)8-2)12-15(5,6)10-11-15/h8H,7,9-12H2,1-6H3/b13-8+. The minimum absolute atomic E-state index is 0.487. The van der Waals surface area contributed by atoms with Crippen molar-refractivity contribution in [3.63, 3.8) is 0 Å². The van der Waals surface area contributed by atoms with E-state index in [1.165, 1.54) is 19.0 Å². The molecule has 15 heavy (non-hydrogen) atoms. The molecular weight excluding hydrogens is 199 g/mol. The molecule has 0 saturated carbocycles. The molecule has 0 spiro atoms. The van der Waals surface area contributed by atoms with Gasteiger partial charge in [0, 0.05) is 0 Å². The van der Waals surface area contributed by atoms with Crippen molar-refractivity contribution in [1.29, 1.82) is 0 Å². The van der Waals surface area contributed by atoms with Gasteiger partial charge in [-0.25, -0.2) is 0 Å². The third kappa shape index (κ3) is 3.06. The van der Waals surface area contributed by atoms with Gasteiger partial charge in [0.25, 0.3) is 0 Å². The summed E-state index contributed by atoms with van der Waals surface area (Å²) in [5.41, 5.74) is 2.10. The van der Waals surface area contributed by atoms with Crippen LogP contribution in [0.15, 0.2) is 11.6 Å². The molecular formula is C14H29P. The van der Waals surface area contributed by atoms with E-state index in [1.54, 1.807) is 17.9 Å². The van der Waals surface area contributed by atoms with Crippen LogP contribution in [0.25, 0.3) is 0 Å². The van der Waals surface area contributed by atoms with Gasteiger partial charge in [0.2, 0.25) is 0 Å². The Bertz CT molecular complexity index is 267. The van der Waals surface area contributed by atoms with Crippen LogP contribution < -0.4 is 0 Å². The quantitative estimate of drug-likeness (QED) is 0.477. The maximum absolute atomic E-state index is 2.60. The summed E-state index contributed by atoms with van der Waals surface area (Å²) in [6.07, 6.45) is 9.58. The fraction of sp³-hybridized carbons (Fsp3) is 0.857. The van der Waals surface area contributed by atoms with Crippen molar-refractivity contribution in [3.8, 4) is 0 Å². The first-order valence-corrected chi connectivity index (χ1v) is 10.1. The van der Waals surface area contributed by atoms with Gasteiger partial charge in [-0.15, -0.1) is 0 Å². The SMILES string of the molecule is C/C=C(\C)C(C)(CCC)CP1(C)(C)CC1. The van der Waals surface area contributed by atoms with Gasteiger partial charge in [0.05, 0.1) is 0 Å². The molecule has 1 saturated heterocycles. The molecule has 90 valence electrons. The van der Waals surface area contributed by atoms with Crippen molar-refractivity contribution in [2.45, 2.75) is 40.5 Å². The predicted molar refractivity (Wildman–Crippen MR) is 75.8 cm³/mol. The van der Waals surface area contributed by atoms with Gasteiger partial charge in [0.15, 0.2) is 0 Å². The molecule has 0 bridgehead atoms. The Morgan fingerprint density at radius 3 is 2.20 bits per heavy atom. The maximum atomic E-state index is 2.60. The molecule has 0 aromatic carbocycles. The van der Waals surface area contributed by atoms with Crippen LogP contribution in [0.5, 0.6) is 0 Å². The van der Waals surface area contributed by atoms with Gasteiger partial charge in [-0.3, -0.25) is 0 Å². The van der Waals surface area contributed by atoms with Crippen LogP contribution in [0.3, 0.4) is 0 Å². The third-order valence-corrected chi connectivity index (χ3v) is 9.16. The zero-order valence-corrected chi connectivity index (χ0v) is 12.5. The molecule has 0 aliphatic carbocycles.